The van der Waals surface area contributed by atoms with Crippen molar-refractivity contribution < 1.29 is 39.0 Å². The van der Waals surface area contributed by atoms with Crippen molar-refractivity contribution in [2.24, 2.45) is 5.92 Å². The Labute approximate surface area is 157 Å². The quantitative estimate of drug-likeness (QED) is 0.235. The van der Waals surface area contributed by atoms with Crippen molar-refractivity contribution in [2.45, 2.75) is 63.1 Å². The number of carbonyl (C=O) groups excluding carboxylic acids is 2. The van der Waals surface area contributed by atoms with Crippen LogP contribution in [0, 0.1) is 11.1 Å². The van der Waals surface area contributed by atoms with Gasteiger partial charge in [-0.3, -0.25) is 0 Å². The van der Waals surface area contributed by atoms with Crippen LogP contribution in [-0.2, 0) is 19.1 Å². The van der Waals surface area contributed by atoms with Gasteiger partial charge in [0.2, 0.25) is 0 Å². The van der Waals surface area contributed by atoms with Gasteiger partial charge in [-0.25, -0.2) is 9.59 Å². The Kier molecular flexibility index (Phi) is 4.89. The molecule has 3 aliphatic heterocycles. The van der Waals surface area contributed by atoms with E-state index < -0.39 is 58.4 Å². The first kappa shape index (κ1) is 20.2. The van der Waals surface area contributed by atoms with Gasteiger partial charge < -0.3 is 34.6 Å². The summed E-state index contributed by atoms with van der Waals surface area (Å²) in [6.07, 6.45) is -0.704. The number of cyclic esters (lactones) is 1. The second-order valence-electron chi connectivity index (χ2n) is 8.24. The van der Waals surface area contributed by atoms with Gasteiger partial charge >= 0.3 is 11.9 Å². The number of hydroxylamine groups is 3. The van der Waals surface area contributed by atoms with E-state index in [9.17, 15) is 30.1 Å². The molecule has 3 rings (SSSR count). The van der Waals surface area contributed by atoms with Crippen molar-refractivity contribution in [3.05, 3.63) is 16.9 Å². The molecule has 152 valence electrons. The van der Waals surface area contributed by atoms with Crippen LogP contribution >= 0.6 is 0 Å². The van der Waals surface area contributed by atoms with Crippen LogP contribution in [0.2, 0.25) is 0 Å². The molecule has 1 unspecified atom stereocenters. The average molecular weight is 385 g/mol. The summed E-state index contributed by atoms with van der Waals surface area (Å²) in [5.74, 6) is -2.88. The Morgan fingerprint density at radius 3 is 2.63 bits per heavy atom. The van der Waals surface area contributed by atoms with Crippen LogP contribution in [0.3, 0.4) is 0 Å². The summed E-state index contributed by atoms with van der Waals surface area (Å²) in [5.41, 5.74) is -3.79. The Morgan fingerprint density at radius 2 is 2.00 bits per heavy atom. The highest BCUT2D eigenvalue weighted by molar-refractivity contribution is 5.82. The maximum absolute atomic E-state index is 13.0. The van der Waals surface area contributed by atoms with Gasteiger partial charge in [-0.15, -0.1) is 0 Å². The average Bonchev–Trinajstić information content (AvgIpc) is 3.07. The summed E-state index contributed by atoms with van der Waals surface area (Å²) in [5, 5.41) is 44.4. The smallest absolute Gasteiger partial charge is 0.341 e. The van der Waals surface area contributed by atoms with Crippen LogP contribution in [0.25, 0.3) is 0 Å². The van der Waals surface area contributed by atoms with Crippen molar-refractivity contribution in [1.29, 1.82) is 0 Å². The number of aliphatic hydroxyl groups is 3. The van der Waals surface area contributed by atoms with Gasteiger partial charge in [-0.05, 0) is 32.3 Å². The molecule has 3 aliphatic rings. The van der Waals surface area contributed by atoms with Crippen LogP contribution in [0.4, 0.5) is 0 Å². The highest BCUT2D eigenvalue weighted by Gasteiger charge is 2.55. The van der Waals surface area contributed by atoms with Crippen molar-refractivity contribution in [1.82, 2.24) is 0 Å². The van der Waals surface area contributed by atoms with E-state index in [-0.39, 0.29) is 19.7 Å². The fourth-order valence-electron chi connectivity index (χ4n) is 4.18. The molecular formula is C18H27NO8. The predicted octanol–water partition coefficient (Wildman–Crippen LogP) is -0.629. The number of hydrogen-bond acceptors (Lipinski definition) is 8. The highest BCUT2D eigenvalue weighted by Crippen LogP contribution is 2.40. The lowest BCUT2D eigenvalue weighted by atomic mass is 9.79. The molecule has 3 heterocycles. The van der Waals surface area contributed by atoms with Gasteiger partial charge in [0.1, 0.15) is 6.61 Å². The van der Waals surface area contributed by atoms with E-state index in [2.05, 4.69) is 0 Å². The molecule has 0 amide bonds. The van der Waals surface area contributed by atoms with Crippen LogP contribution < -0.4 is 0 Å². The molecule has 0 aliphatic carbocycles. The number of aliphatic hydroxyl groups excluding tert-OH is 1. The summed E-state index contributed by atoms with van der Waals surface area (Å²) >= 11 is 0. The minimum absolute atomic E-state index is 0.163. The van der Waals surface area contributed by atoms with E-state index in [0.29, 0.717) is 12.0 Å². The van der Waals surface area contributed by atoms with E-state index in [1.165, 1.54) is 20.8 Å². The number of nitrogens with zero attached hydrogens (tertiary/aromatic N) is 1. The molecule has 0 aromatic rings. The summed E-state index contributed by atoms with van der Waals surface area (Å²) in [6, 6.07) is -0.721. The number of rotatable bonds is 1. The van der Waals surface area contributed by atoms with E-state index in [1.807, 2.05) is 0 Å². The maximum atomic E-state index is 13.0. The molecule has 2 saturated heterocycles. The van der Waals surface area contributed by atoms with Crippen LogP contribution in [0.5, 0.6) is 0 Å². The molecule has 3 N–H and O–H groups in total. The van der Waals surface area contributed by atoms with Gasteiger partial charge in [-0.1, -0.05) is 6.92 Å². The van der Waals surface area contributed by atoms with Crippen molar-refractivity contribution in [2.75, 3.05) is 19.7 Å². The zero-order chi connectivity index (χ0) is 20.2. The molecule has 0 spiro atoms. The molecule has 0 bridgehead atoms. The van der Waals surface area contributed by atoms with Gasteiger partial charge in [0.25, 0.3) is 0 Å². The van der Waals surface area contributed by atoms with Gasteiger partial charge in [0, 0.05) is 12.0 Å². The minimum atomic E-state index is -2.33. The van der Waals surface area contributed by atoms with Crippen LogP contribution in [0.15, 0.2) is 11.6 Å². The lowest BCUT2D eigenvalue weighted by Gasteiger charge is -2.42. The molecule has 7 atom stereocenters. The SMILES string of the molecule is C[C@@H]1C[C@](O)([C@@H](C)O)C(=O)O[C@@H]2CC[N+]3([O-])CC=C(COC(=O)[C@]1(C)O)[C@H]23. The Balaban J connectivity index is 2.00. The number of quaternary nitrogens is 1. The Bertz CT molecular complexity index is 674. The zero-order valence-corrected chi connectivity index (χ0v) is 15.8. The van der Waals surface area contributed by atoms with Crippen molar-refractivity contribution in [3.8, 4) is 0 Å². The lowest BCUT2D eigenvalue weighted by Crippen LogP contribution is -2.56. The van der Waals surface area contributed by atoms with Crippen LogP contribution in [0.1, 0.15) is 33.6 Å². The largest absolute Gasteiger partial charge is 0.632 e. The van der Waals surface area contributed by atoms with Gasteiger partial charge in [-0.2, -0.15) is 0 Å². The number of hydrogen-bond donors (Lipinski definition) is 3. The second kappa shape index (κ2) is 6.52. The third-order valence-electron chi connectivity index (χ3n) is 6.36. The third kappa shape index (κ3) is 3.17. The Morgan fingerprint density at radius 1 is 1.33 bits per heavy atom. The Hall–Kier alpha value is -1.52. The molecule has 0 saturated carbocycles. The van der Waals surface area contributed by atoms with Crippen molar-refractivity contribution >= 4 is 11.9 Å². The van der Waals surface area contributed by atoms with E-state index in [4.69, 9.17) is 9.47 Å². The standard InChI is InChI=1S/C18H27NO8/c1-10-8-18(24,11(2)20)16(22)27-13-5-7-19(25)6-4-12(14(13)19)9-26-15(21)17(10,3)23/h4,10-11,13-14,20,23-24H,5-9H2,1-3H3/t10-,11-,13-,14-,17-,18+,19?/m1/s1. The first-order valence-electron chi connectivity index (χ1n) is 9.19. The van der Waals surface area contributed by atoms with Crippen LogP contribution in [-0.4, -0.2) is 81.1 Å². The number of esters is 2. The molecule has 0 radical (unpaired) electrons. The number of carbonyl (C=O) groups is 2. The molecule has 27 heavy (non-hydrogen) atoms. The minimum Gasteiger partial charge on any atom is -0.632 e. The monoisotopic (exact) mass is 385 g/mol. The lowest BCUT2D eigenvalue weighted by molar-refractivity contribution is -0.877. The molecule has 0 aromatic carbocycles. The molecule has 9 nitrogen and oxygen atoms in total. The second-order valence-corrected chi connectivity index (χ2v) is 8.24. The fraction of sp³-hybridized carbons (Fsp3) is 0.778. The normalized spacial score (nSPS) is 46.5. The zero-order valence-electron chi connectivity index (χ0n) is 15.8. The first-order chi connectivity index (χ1) is 12.4. The molecule has 9 heteroatoms. The molecule has 0 aromatic heterocycles. The van der Waals surface area contributed by atoms with E-state index >= 15 is 0 Å². The number of ether oxygens (including phenoxy) is 2. The molecule has 2 fully saturated rings. The summed E-state index contributed by atoms with van der Waals surface area (Å²) in [6.45, 7) is 4.19. The first-order valence-corrected chi connectivity index (χ1v) is 9.19. The maximum Gasteiger partial charge on any atom is 0.341 e. The van der Waals surface area contributed by atoms with E-state index in [1.54, 1.807) is 6.08 Å². The van der Waals surface area contributed by atoms with Gasteiger partial charge in [0.15, 0.2) is 23.3 Å². The topological polar surface area (TPSA) is 136 Å². The summed E-state index contributed by atoms with van der Waals surface area (Å²) in [4.78, 5) is 25.2. The highest BCUT2D eigenvalue weighted by atomic mass is 16.6. The van der Waals surface area contributed by atoms with E-state index in [0.717, 1.165) is 0 Å². The third-order valence-corrected chi connectivity index (χ3v) is 6.36. The summed E-state index contributed by atoms with van der Waals surface area (Å²) in [7, 11) is 0. The van der Waals surface area contributed by atoms with Gasteiger partial charge in [0.05, 0.1) is 19.2 Å². The van der Waals surface area contributed by atoms with Crippen molar-refractivity contribution in [3.63, 3.8) is 0 Å². The fourth-order valence-corrected chi connectivity index (χ4v) is 4.18. The molecular weight excluding hydrogens is 358 g/mol. The summed E-state index contributed by atoms with van der Waals surface area (Å²) < 4.78 is 10.1. The predicted molar refractivity (Wildman–Crippen MR) is 91.7 cm³/mol.